The minimum atomic E-state index is 0.415. The van der Waals surface area contributed by atoms with Gasteiger partial charge in [0.1, 0.15) is 5.69 Å². The molecule has 0 amide bonds. The zero-order valence-corrected chi connectivity index (χ0v) is 14.6. The van der Waals surface area contributed by atoms with Crippen LogP contribution in [0.2, 0.25) is 0 Å². The summed E-state index contributed by atoms with van der Waals surface area (Å²) >= 11 is 0. The van der Waals surface area contributed by atoms with E-state index < -0.39 is 0 Å². The number of nitrogens with two attached hydrogens (primary N) is 1. The molecule has 0 aromatic carbocycles. The summed E-state index contributed by atoms with van der Waals surface area (Å²) in [7, 11) is 1.88. The molecule has 3 heterocycles. The van der Waals surface area contributed by atoms with Crippen molar-refractivity contribution in [3.8, 4) is 11.3 Å². The van der Waals surface area contributed by atoms with Crippen LogP contribution in [0.15, 0.2) is 24.5 Å². The van der Waals surface area contributed by atoms with Gasteiger partial charge in [-0.2, -0.15) is 5.10 Å². The molecule has 0 saturated heterocycles. The number of aryl methyl sites for hydroxylation is 2. The maximum absolute atomic E-state index is 5.80. The van der Waals surface area contributed by atoms with Gasteiger partial charge >= 0.3 is 0 Å². The van der Waals surface area contributed by atoms with Gasteiger partial charge in [0.25, 0.3) is 0 Å². The molecule has 0 fully saturated rings. The van der Waals surface area contributed by atoms with E-state index in [0.29, 0.717) is 19.0 Å². The Morgan fingerprint density at radius 1 is 1.25 bits per heavy atom. The summed E-state index contributed by atoms with van der Waals surface area (Å²) in [6, 6.07) is 4.20. The van der Waals surface area contributed by atoms with Crippen molar-refractivity contribution in [3.63, 3.8) is 0 Å². The summed E-state index contributed by atoms with van der Waals surface area (Å²) in [5.74, 6) is 0.427. The minimum absolute atomic E-state index is 0.415. The molecule has 3 rings (SSSR count). The molecule has 0 unspecified atom stereocenters. The second-order valence-electron chi connectivity index (χ2n) is 6.27. The fraction of sp³-hybridized carbons (Fsp3) is 0.412. The van der Waals surface area contributed by atoms with Gasteiger partial charge in [-0.1, -0.05) is 25.1 Å². The van der Waals surface area contributed by atoms with E-state index in [1.54, 1.807) is 10.9 Å². The Bertz CT molecular complexity index is 844. The van der Waals surface area contributed by atoms with Gasteiger partial charge in [-0.3, -0.25) is 9.67 Å². The highest BCUT2D eigenvalue weighted by molar-refractivity contribution is 5.59. The highest BCUT2D eigenvalue weighted by Crippen LogP contribution is 2.21. The first kappa shape index (κ1) is 16.3. The van der Waals surface area contributed by atoms with Gasteiger partial charge < -0.3 is 5.73 Å². The maximum Gasteiger partial charge on any atom is 0.116 e. The quantitative estimate of drug-likeness (QED) is 0.775. The van der Waals surface area contributed by atoms with E-state index in [2.05, 4.69) is 46.4 Å². The zero-order valence-electron chi connectivity index (χ0n) is 14.6. The van der Waals surface area contributed by atoms with Crippen LogP contribution in [-0.4, -0.2) is 29.8 Å². The summed E-state index contributed by atoms with van der Waals surface area (Å²) in [4.78, 5) is 4.67. The molecule has 0 aliphatic carbocycles. The van der Waals surface area contributed by atoms with E-state index in [1.807, 2.05) is 24.9 Å². The van der Waals surface area contributed by atoms with Gasteiger partial charge in [0, 0.05) is 30.5 Å². The lowest BCUT2D eigenvalue weighted by molar-refractivity contribution is 0.643. The van der Waals surface area contributed by atoms with Crippen molar-refractivity contribution in [2.45, 2.75) is 39.8 Å². The van der Waals surface area contributed by atoms with Crippen LogP contribution >= 0.6 is 0 Å². The molecule has 2 N–H and O–H groups in total. The zero-order chi connectivity index (χ0) is 17.3. The van der Waals surface area contributed by atoms with Crippen LogP contribution < -0.4 is 5.73 Å². The molecular weight excluding hydrogens is 302 g/mol. The molecule has 0 aliphatic rings. The lowest BCUT2D eigenvalue weighted by Gasteiger charge is -2.09. The van der Waals surface area contributed by atoms with Crippen molar-refractivity contribution in [1.29, 1.82) is 0 Å². The van der Waals surface area contributed by atoms with E-state index in [1.165, 1.54) is 0 Å². The molecule has 0 aliphatic heterocycles. The summed E-state index contributed by atoms with van der Waals surface area (Å²) in [5.41, 5.74) is 11.7. The van der Waals surface area contributed by atoms with Gasteiger partial charge in [0.05, 0.1) is 24.6 Å². The maximum atomic E-state index is 5.80. The Labute approximate surface area is 141 Å². The number of rotatable bonds is 5. The third-order valence-electron chi connectivity index (χ3n) is 4.21. The first-order chi connectivity index (χ1) is 11.5. The van der Waals surface area contributed by atoms with Crippen molar-refractivity contribution >= 4 is 0 Å². The van der Waals surface area contributed by atoms with Crippen LogP contribution in [0.5, 0.6) is 0 Å². The first-order valence-corrected chi connectivity index (χ1v) is 8.07. The Kier molecular flexibility index (Phi) is 4.44. The Balaban J connectivity index is 1.84. The summed E-state index contributed by atoms with van der Waals surface area (Å²) in [6.45, 7) is 7.38. The van der Waals surface area contributed by atoms with Crippen LogP contribution in [0, 0.1) is 6.92 Å². The van der Waals surface area contributed by atoms with Gasteiger partial charge in [0.2, 0.25) is 0 Å². The van der Waals surface area contributed by atoms with Gasteiger partial charge in [0.15, 0.2) is 0 Å². The van der Waals surface area contributed by atoms with E-state index in [4.69, 9.17) is 5.73 Å². The van der Waals surface area contributed by atoms with Crippen molar-refractivity contribution in [3.05, 3.63) is 47.2 Å². The summed E-state index contributed by atoms with van der Waals surface area (Å²) < 4.78 is 3.59. The smallest absolute Gasteiger partial charge is 0.116 e. The highest BCUT2D eigenvalue weighted by atomic mass is 15.4. The first-order valence-electron chi connectivity index (χ1n) is 8.07. The van der Waals surface area contributed by atoms with Crippen LogP contribution in [0.4, 0.5) is 0 Å². The molecule has 7 heteroatoms. The van der Waals surface area contributed by atoms with Gasteiger partial charge in [-0.25, -0.2) is 4.68 Å². The number of pyridine rings is 1. The number of nitrogens with zero attached hydrogens (tertiary/aromatic N) is 6. The monoisotopic (exact) mass is 325 g/mol. The van der Waals surface area contributed by atoms with Crippen LogP contribution in [-0.2, 0) is 20.1 Å². The average Bonchev–Trinajstić information content (AvgIpc) is 3.15. The van der Waals surface area contributed by atoms with E-state index >= 15 is 0 Å². The topological polar surface area (TPSA) is 87.4 Å². The minimum Gasteiger partial charge on any atom is -0.325 e. The molecule has 0 atom stereocenters. The van der Waals surface area contributed by atoms with Crippen LogP contribution in [0.1, 0.15) is 42.4 Å². The molecule has 24 heavy (non-hydrogen) atoms. The number of aromatic nitrogens is 6. The average molecular weight is 325 g/mol. The van der Waals surface area contributed by atoms with Crippen molar-refractivity contribution < 1.29 is 0 Å². The van der Waals surface area contributed by atoms with Crippen molar-refractivity contribution in [2.24, 2.45) is 12.8 Å². The molecule has 3 aromatic rings. The van der Waals surface area contributed by atoms with Gasteiger partial charge in [-0.15, -0.1) is 5.10 Å². The second kappa shape index (κ2) is 6.52. The fourth-order valence-electron chi connectivity index (χ4n) is 2.69. The van der Waals surface area contributed by atoms with Crippen LogP contribution in [0.25, 0.3) is 11.3 Å². The molecule has 0 spiro atoms. The summed E-state index contributed by atoms with van der Waals surface area (Å²) in [5, 5.41) is 12.7. The lowest BCUT2D eigenvalue weighted by atomic mass is 10.1. The standard InChI is InChI=1S/C17H23N7/c1-11(2)15-6-5-13(12(3)20-15)9-24-10-16(21-22-24)14-8-19-23(4)17(14)7-18/h5-6,8,10-11H,7,9,18H2,1-4H3. The molecule has 0 radical (unpaired) electrons. The number of hydrogen-bond donors (Lipinski definition) is 1. The highest BCUT2D eigenvalue weighted by Gasteiger charge is 2.13. The predicted octanol–water partition coefficient (Wildman–Crippen LogP) is 2.01. The third-order valence-corrected chi connectivity index (χ3v) is 4.21. The molecule has 0 saturated carbocycles. The fourth-order valence-corrected chi connectivity index (χ4v) is 2.69. The predicted molar refractivity (Wildman–Crippen MR) is 92.3 cm³/mol. The van der Waals surface area contributed by atoms with Crippen LogP contribution in [0.3, 0.4) is 0 Å². The normalized spacial score (nSPS) is 11.4. The SMILES string of the molecule is Cc1nc(C(C)C)ccc1Cn1cc(-c2cnn(C)c2CN)nn1. The molecule has 0 bridgehead atoms. The Morgan fingerprint density at radius 3 is 2.71 bits per heavy atom. The van der Waals surface area contributed by atoms with Crippen molar-refractivity contribution in [1.82, 2.24) is 29.8 Å². The Morgan fingerprint density at radius 2 is 2.04 bits per heavy atom. The Hall–Kier alpha value is -2.54. The second-order valence-corrected chi connectivity index (χ2v) is 6.27. The number of hydrogen-bond acceptors (Lipinski definition) is 5. The van der Waals surface area contributed by atoms with Crippen molar-refractivity contribution in [2.75, 3.05) is 0 Å². The van der Waals surface area contributed by atoms with E-state index in [0.717, 1.165) is 33.9 Å². The largest absolute Gasteiger partial charge is 0.325 e. The van der Waals surface area contributed by atoms with E-state index in [-0.39, 0.29) is 0 Å². The summed E-state index contributed by atoms with van der Waals surface area (Å²) in [6.07, 6.45) is 3.70. The molecule has 3 aromatic heterocycles. The lowest BCUT2D eigenvalue weighted by Crippen LogP contribution is -2.05. The molecule has 126 valence electrons. The molecule has 7 nitrogen and oxygen atoms in total. The van der Waals surface area contributed by atoms with Gasteiger partial charge in [-0.05, 0) is 24.5 Å². The van der Waals surface area contributed by atoms with E-state index in [9.17, 15) is 0 Å². The third kappa shape index (κ3) is 3.07. The molecular formula is C17H23N7.